The van der Waals surface area contributed by atoms with E-state index in [2.05, 4.69) is 15.2 Å². The number of anilines is 1. The predicted molar refractivity (Wildman–Crippen MR) is 81.2 cm³/mol. The fourth-order valence-corrected chi connectivity index (χ4v) is 3.40. The number of aromatic nitrogens is 1. The van der Waals surface area contributed by atoms with E-state index in [1.807, 2.05) is 32.2 Å². The van der Waals surface area contributed by atoms with Gasteiger partial charge in [0.2, 0.25) is 0 Å². The van der Waals surface area contributed by atoms with Crippen LogP contribution in [0.2, 0.25) is 0 Å². The Hall–Kier alpha value is -1.29. The highest BCUT2D eigenvalue weighted by molar-refractivity contribution is 5.50. The number of pyridine rings is 1. The van der Waals surface area contributed by atoms with Crippen LogP contribution in [0.3, 0.4) is 0 Å². The molecule has 1 N–H and O–H groups in total. The maximum absolute atomic E-state index is 5.84. The molecule has 3 rings (SSSR count). The molecule has 0 amide bonds. The van der Waals surface area contributed by atoms with Gasteiger partial charge in [0.05, 0.1) is 6.10 Å². The van der Waals surface area contributed by atoms with Crippen molar-refractivity contribution in [2.75, 3.05) is 18.4 Å². The zero-order chi connectivity index (χ0) is 13.9. The van der Waals surface area contributed by atoms with Crippen molar-refractivity contribution >= 4 is 5.82 Å². The summed E-state index contributed by atoms with van der Waals surface area (Å²) in [6.45, 7) is 6.61. The molecule has 0 radical (unpaired) electrons. The van der Waals surface area contributed by atoms with E-state index >= 15 is 0 Å². The van der Waals surface area contributed by atoms with Crippen LogP contribution in [0, 0.1) is 0 Å². The van der Waals surface area contributed by atoms with Crippen molar-refractivity contribution in [3.8, 4) is 5.75 Å². The summed E-state index contributed by atoms with van der Waals surface area (Å²) in [6.07, 6.45) is 7.17. The molecule has 4 nitrogen and oxygen atoms in total. The first-order valence-electron chi connectivity index (χ1n) is 7.84. The van der Waals surface area contributed by atoms with Gasteiger partial charge in [-0.15, -0.1) is 0 Å². The average Bonchev–Trinajstić information content (AvgIpc) is 2.88. The van der Waals surface area contributed by atoms with Crippen molar-refractivity contribution in [2.24, 2.45) is 0 Å². The molecule has 1 aromatic heterocycles. The lowest BCUT2D eigenvalue weighted by molar-refractivity contribution is 0.187. The second-order valence-electron chi connectivity index (χ2n) is 6.21. The summed E-state index contributed by atoms with van der Waals surface area (Å²) in [5, 5.41) is 3.60. The third-order valence-corrected chi connectivity index (χ3v) is 4.29. The second-order valence-corrected chi connectivity index (χ2v) is 6.21. The minimum Gasteiger partial charge on any atom is -0.487 e. The van der Waals surface area contributed by atoms with Crippen LogP contribution in [0.1, 0.15) is 39.5 Å². The fraction of sp³-hybridized carbons (Fsp3) is 0.688. The maximum Gasteiger partial charge on any atom is 0.168 e. The van der Waals surface area contributed by atoms with Gasteiger partial charge in [-0.05, 0) is 58.2 Å². The summed E-state index contributed by atoms with van der Waals surface area (Å²) in [5.74, 6) is 1.77. The summed E-state index contributed by atoms with van der Waals surface area (Å²) in [6, 6.07) is 5.24. The number of rotatable bonds is 4. The molecule has 2 unspecified atom stereocenters. The van der Waals surface area contributed by atoms with Crippen molar-refractivity contribution < 1.29 is 4.74 Å². The summed E-state index contributed by atoms with van der Waals surface area (Å²) in [4.78, 5) is 7.10. The molecule has 3 heterocycles. The first-order chi connectivity index (χ1) is 9.72. The highest BCUT2D eigenvalue weighted by Crippen LogP contribution is 2.30. The van der Waals surface area contributed by atoms with Crippen molar-refractivity contribution in [3.63, 3.8) is 0 Å². The van der Waals surface area contributed by atoms with E-state index in [0.29, 0.717) is 6.04 Å². The van der Waals surface area contributed by atoms with E-state index in [9.17, 15) is 0 Å². The maximum atomic E-state index is 5.84. The molecule has 4 heteroatoms. The van der Waals surface area contributed by atoms with Crippen LogP contribution in [-0.4, -0.2) is 41.2 Å². The molecule has 2 saturated heterocycles. The fourth-order valence-electron chi connectivity index (χ4n) is 3.40. The van der Waals surface area contributed by atoms with Crippen LogP contribution < -0.4 is 10.1 Å². The second kappa shape index (κ2) is 6.00. The quantitative estimate of drug-likeness (QED) is 0.917. The predicted octanol–water partition coefficient (Wildman–Crippen LogP) is 2.91. The number of ether oxygens (including phenoxy) is 1. The minimum absolute atomic E-state index is 0.177. The minimum atomic E-state index is 0.177. The number of hydrogen-bond acceptors (Lipinski definition) is 4. The molecule has 2 fully saturated rings. The van der Waals surface area contributed by atoms with Crippen molar-refractivity contribution in [2.45, 2.75) is 57.7 Å². The van der Waals surface area contributed by atoms with E-state index in [1.165, 1.54) is 38.8 Å². The monoisotopic (exact) mass is 275 g/mol. The Kier molecular flexibility index (Phi) is 4.10. The van der Waals surface area contributed by atoms with Gasteiger partial charge in [0.25, 0.3) is 0 Å². The Morgan fingerprint density at radius 1 is 1.35 bits per heavy atom. The van der Waals surface area contributed by atoms with E-state index < -0.39 is 0 Å². The molecule has 1 aromatic rings. The molecule has 0 saturated carbocycles. The van der Waals surface area contributed by atoms with Crippen molar-refractivity contribution in [3.05, 3.63) is 18.3 Å². The molecule has 0 aliphatic carbocycles. The average molecular weight is 275 g/mol. The molecule has 110 valence electrons. The van der Waals surface area contributed by atoms with Gasteiger partial charge in [-0.3, -0.25) is 0 Å². The van der Waals surface area contributed by atoms with Crippen LogP contribution in [0.5, 0.6) is 5.75 Å². The Labute approximate surface area is 121 Å². The standard InChI is InChI=1S/C16H25N3O/c1-12(2)20-15-6-3-8-17-16(15)18-13-7-10-19-9-4-5-14(19)11-13/h3,6,8,12-14H,4-5,7,9-11H2,1-2H3,(H,17,18). The zero-order valence-corrected chi connectivity index (χ0v) is 12.5. The number of nitrogens with zero attached hydrogens (tertiary/aromatic N) is 2. The Morgan fingerprint density at radius 2 is 2.25 bits per heavy atom. The molecular formula is C16H25N3O. The van der Waals surface area contributed by atoms with Crippen LogP contribution in [0.25, 0.3) is 0 Å². The van der Waals surface area contributed by atoms with Crippen LogP contribution >= 0.6 is 0 Å². The van der Waals surface area contributed by atoms with Gasteiger partial charge < -0.3 is 15.0 Å². The molecule has 0 bridgehead atoms. The summed E-state index contributed by atoms with van der Waals surface area (Å²) in [5.41, 5.74) is 0. The first kappa shape index (κ1) is 13.7. The number of hydrogen-bond donors (Lipinski definition) is 1. The van der Waals surface area contributed by atoms with Gasteiger partial charge in [-0.1, -0.05) is 0 Å². The van der Waals surface area contributed by atoms with E-state index in [1.54, 1.807) is 0 Å². The van der Waals surface area contributed by atoms with Crippen LogP contribution in [0.15, 0.2) is 18.3 Å². The normalized spacial score (nSPS) is 26.6. The topological polar surface area (TPSA) is 37.4 Å². The number of fused-ring (bicyclic) bond motifs is 1. The molecule has 2 aliphatic heterocycles. The highest BCUT2D eigenvalue weighted by Gasteiger charge is 2.31. The van der Waals surface area contributed by atoms with Gasteiger partial charge in [-0.2, -0.15) is 0 Å². The Balaban J connectivity index is 1.65. The molecular weight excluding hydrogens is 250 g/mol. The van der Waals surface area contributed by atoms with Crippen LogP contribution in [-0.2, 0) is 0 Å². The van der Waals surface area contributed by atoms with Crippen LogP contribution in [0.4, 0.5) is 5.82 Å². The van der Waals surface area contributed by atoms with Gasteiger partial charge in [0, 0.05) is 24.8 Å². The summed E-state index contributed by atoms with van der Waals surface area (Å²) < 4.78 is 5.84. The Bertz CT molecular complexity index is 449. The molecule has 0 aromatic carbocycles. The smallest absolute Gasteiger partial charge is 0.168 e. The Morgan fingerprint density at radius 3 is 3.10 bits per heavy atom. The SMILES string of the molecule is CC(C)Oc1cccnc1NC1CCN2CCCC2C1. The summed E-state index contributed by atoms with van der Waals surface area (Å²) in [7, 11) is 0. The van der Waals surface area contributed by atoms with Crippen molar-refractivity contribution in [1.29, 1.82) is 0 Å². The van der Waals surface area contributed by atoms with Gasteiger partial charge in [-0.25, -0.2) is 4.98 Å². The molecule has 2 atom stereocenters. The summed E-state index contributed by atoms with van der Waals surface area (Å²) >= 11 is 0. The van der Waals surface area contributed by atoms with Gasteiger partial charge >= 0.3 is 0 Å². The lowest BCUT2D eigenvalue weighted by Gasteiger charge is -2.35. The zero-order valence-electron chi connectivity index (χ0n) is 12.5. The lowest BCUT2D eigenvalue weighted by Crippen LogP contribution is -2.42. The third kappa shape index (κ3) is 3.06. The molecule has 0 spiro atoms. The number of nitrogens with one attached hydrogen (secondary N) is 1. The van der Waals surface area contributed by atoms with Crippen molar-refractivity contribution in [1.82, 2.24) is 9.88 Å². The highest BCUT2D eigenvalue weighted by atomic mass is 16.5. The number of piperidine rings is 1. The van der Waals surface area contributed by atoms with Gasteiger partial charge in [0.1, 0.15) is 0 Å². The molecule has 2 aliphatic rings. The lowest BCUT2D eigenvalue weighted by atomic mass is 9.97. The third-order valence-electron chi connectivity index (χ3n) is 4.29. The molecule has 20 heavy (non-hydrogen) atoms. The van der Waals surface area contributed by atoms with E-state index in [-0.39, 0.29) is 6.10 Å². The first-order valence-corrected chi connectivity index (χ1v) is 7.84. The largest absolute Gasteiger partial charge is 0.487 e. The van der Waals surface area contributed by atoms with E-state index in [0.717, 1.165) is 17.6 Å². The van der Waals surface area contributed by atoms with E-state index in [4.69, 9.17) is 4.74 Å². The van der Waals surface area contributed by atoms with Gasteiger partial charge in [0.15, 0.2) is 11.6 Å².